The van der Waals surface area contributed by atoms with Crippen LogP contribution in [-0.2, 0) is 14.8 Å². The molecular formula is C11H23NO4S. The lowest BCUT2D eigenvalue weighted by atomic mass is 10.1. The Labute approximate surface area is 104 Å². The Morgan fingerprint density at radius 3 is 2.47 bits per heavy atom. The minimum absolute atomic E-state index is 0.0575. The minimum Gasteiger partial charge on any atom is -0.396 e. The fourth-order valence-corrected chi connectivity index (χ4v) is 3.63. The lowest BCUT2D eigenvalue weighted by Crippen LogP contribution is -2.41. The molecule has 0 aromatic heterocycles. The predicted molar refractivity (Wildman–Crippen MR) is 66.3 cm³/mol. The van der Waals surface area contributed by atoms with Crippen LogP contribution in [0.3, 0.4) is 0 Å². The van der Waals surface area contributed by atoms with Gasteiger partial charge in [0.05, 0.1) is 11.9 Å². The molecule has 1 saturated heterocycles. The van der Waals surface area contributed by atoms with Gasteiger partial charge in [0.25, 0.3) is 0 Å². The molecule has 1 rings (SSSR count). The molecule has 0 atom stereocenters. The van der Waals surface area contributed by atoms with Gasteiger partial charge in [-0.3, -0.25) is 0 Å². The molecule has 6 heteroatoms. The summed E-state index contributed by atoms with van der Waals surface area (Å²) >= 11 is 0. The fraction of sp³-hybridized carbons (Fsp3) is 1.00. The Morgan fingerprint density at radius 1 is 1.29 bits per heavy atom. The van der Waals surface area contributed by atoms with Gasteiger partial charge in [0, 0.05) is 26.3 Å². The van der Waals surface area contributed by atoms with E-state index < -0.39 is 10.0 Å². The van der Waals surface area contributed by atoms with E-state index in [4.69, 9.17) is 9.84 Å². The summed E-state index contributed by atoms with van der Waals surface area (Å²) in [6, 6.07) is 0. The Balaban J connectivity index is 2.36. The van der Waals surface area contributed by atoms with Crippen molar-refractivity contribution in [1.29, 1.82) is 0 Å². The molecule has 1 N–H and O–H groups in total. The van der Waals surface area contributed by atoms with Crippen molar-refractivity contribution in [2.24, 2.45) is 0 Å². The Hall–Kier alpha value is -0.170. The van der Waals surface area contributed by atoms with Crippen molar-refractivity contribution >= 4 is 10.0 Å². The molecular weight excluding hydrogens is 242 g/mol. The van der Waals surface area contributed by atoms with Crippen molar-refractivity contribution < 1.29 is 18.3 Å². The number of unbranched alkanes of at least 4 members (excludes halogenated alkanes) is 1. The van der Waals surface area contributed by atoms with Crippen molar-refractivity contribution in [2.75, 3.05) is 32.1 Å². The molecule has 17 heavy (non-hydrogen) atoms. The molecule has 0 bridgehead atoms. The molecule has 1 fully saturated rings. The molecule has 1 aliphatic rings. The van der Waals surface area contributed by atoms with E-state index in [9.17, 15) is 8.42 Å². The molecule has 5 nitrogen and oxygen atoms in total. The quantitative estimate of drug-likeness (QED) is 0.684. The van der Waals surface area contributed by atoms with Gasteiger partial charge in [0.1, 0.15) is 0 Å². The fourth-order valence-electron chi connectivity index (χ4n) is 2.04. The van der Waals surface area contributed by atoms with Crippen LogP contribution in [0.25, 0.3) is 0 Å². The average Bonchev–Trinajstić information content (AvgIpc) is 2.30. The first-order valence-corrected chi connectivity index (χ1v) is 7.91. The molecule has 0 aliphatic carbocycles. The Bertz CT molecular complexity index is 297. The number of ether oxygens (including phenoxy) is 1. The van der Waals surface area contributed by atoms with Crippen LogP contribution in [0.5, 0.6) is 0 Å². The highest BCUT2D eigenvalue weighted by molar-refractivity contribution is 7.89. The standard InChI is InChI=1S/C11H23NO4S/c1-2-16-11-5-7-12(8-6-11)17(14,15)10-4-3-9-13/h11,13H,2-10H2,1H3. The monoisotopic (exact) mass is 265 g/mol. The molecule has 1 aliphatic heterocycles. The van der Waals surface area contributed by atoms with E-state index in [0.29, 0.717) is 32.5 Å². The highest BCUT2D eigenvalue weighted by Crippen LogP contribution is 2.17. The Kier molecular flexibility index (Phi) is 6.40. The van der Waals surface area contributed by atoms with Crippen LogP contribution in [0.2, 0.25) is 0 Å². The normalized spacial score (nSPS) is 19.6. The van der Waals surface area contributed by atoms with E-state index in [2.05, 4.69) is 0 Å². The molecule has 102 valence electrons. The van der Waals surface area contributed by atoms with Gasteiger partial charge in [-0.2, -0.15) is 0 Å². The summed E-state index contributed by atoms with van der Waals surface area (Å²) in [5.74, 6) is 0.146. The predicted octanol–water partition coefficient (Wildman–Crippen LogP) is 0.590. The molecule has 0 saturated carbocycles. The average molecular weight is 265 g/mol. The highest BCUT2D eigenvalue weighted by atomic mass is 32.2. The summed E-state index contributed by atoms with van der Waals surface area (Å²) in [5, 5.41) is 8.64. The van der Waals surface area contributed by atoms with Gasteiger partial charge in [0.2, 0.25) is 10.0 Å². The maximum atomic E-state index is 11.9. The topological polar surface area (TPSA) is 66.8 Å². The lowest BCUT2D eigenvalue weighted by molar-refractivity contribution is 0.0290. The maximum Gasteiger partial charge on any atom is 0.214 e. The van der Waals surface area contributed by atoms with Crippen molar-refractivity contribution in [3.63, 3.8) is 0 Å². The third-order valence-corrected chi connectivity index (χ3v) is 4.96. The van der Waals surface area contributed by atoms with E-state index in [-0.39, 0.29) is 18.5 Å². The molecule has 0 unspecified atom stereocenters. The maximum absolute atomic E-state index is 11.9. The summed E-state index contributed by atoms with van der Waals surface area (Å²) < 4.78 is 30.9. The van der Waals surface area contributed by atoms with E-state index in [1.165, 1.54) is 0 Å². The Morgan fingerprint density at radius 2 is 1.94 bits per heavy atom. The van der Waals surface area contributed by atoms with Crippen molar-refractivity contribution in [1.82, 2.24) is 4.31 Å². The van der Waals surface area contributed by atoms with Gasteiger partial charge in [0.15, 0.2) is 0 Å². The van der Waals surface area contributed by atoms with Gasteiger partial charge < -0.3 is 9.84 Å². The minimum atomic E-state index is -3.13. The van der Waals surface area contributed by atoms with E-state index >= 15 is 0 Å². The van der Waals surface area contributed by atoms with E-state index in [1.807, 2.05) is 6.92 Å². The summed E-state index contributed by atoms with van der Waals surface area (Å²) in [6.45, 7) is 3.83. The first kappa shape index (κ1) is 14.9. The highest BCUT2D eigenvalue weighted by Gasteiger charge is 2.27. The second-order valence-electron chi connectivity index (χ2n) is 4.30. The van der Waals surface area contributed by atoms with Gasteiger partial charge in [-0.25, -0.2) is 12.7 Å². The molecule has 0 amide bonds. The third kappa shape index (κ3) is 4.91. The number of nitrogens with zero attached hydrogens (tertiary/aromatic N) is 1. The zero-order valence-corrected chi connectivity index (χ0v) is 11.3. The third-order valence-electron chi connectivity index (χ3n) is 3.01. The lowest BCUT2D eigenvalue weighted by Gasteiger charge is -2.30. The summed E-state index contributed by atoms with van der Waals surface area (Å²) in [6.07, 6.45) is 2.86. The second-order valence-corrected chi connectivity index (χ2v) is 6.39. The van der Waals surface area contributed by atoms with Crippen LogP contribution < -0.4 is 0 Å². The van der Waals surface area contributed by atoms with Crippen LogP contribution in [0.4, 0.5) is 0 Å². The van der Waals surface area contributed by atoms with E-state index in [0.717, 1.165) is 12.8 Å². The summed E-state index contributed by atoms with van der Waals surface area (Å²) in [7, 11) is -3.13. The first-order valence-electron chi connectivity index (χ1n) is 6.30. The van der Waals surface area contributed by atoms with Gasteiger partial charge in [-0.1, -0.05) is 0 Å². The van der Waals surface area contributed by atoms with Crippen LogP contribution in [0, 0.1) is 0 Å². The van der Waals surface area contributed by atoms with Gasteiger partial charge in [-0.05, 0) is 32.6 Å². The first-order chi connectivity index (χ1) is 8.10. The van der Waals surface area contributed by atoms with Crippen LogP contribution in [0.1, 0.15) is 32.6 Å². The van der Waals surface area contributed by atoms with Crippen molar-refractivity contribution in [2.45, 2.75) is 38.7 Å². The number of aliphatic hydroxyl groups is 1. The SMILES string of the molecule is CCOC1CCN(S(=O)(=O)CCCCO)CC1. The molecule has 0 spiro atoms. The number of rotatable bonds is 7. The number of aliphatic hydroxyl groups excluding tert-OH is 1. The smallest absolute Gasteiger partial charge is 0.214 e. The van der Waals surface area contributed by atoms with Crippen molar-refractivity contribution in [3.05, 3.63) is 0 Å². The molecule has 0 radical (unpaired) electrons. The number of piperidine rings is 1. The molecule has 0 aromatic carbocycles. The van der Waals surface area contributed by atoms with Crippen LogP contribution in [-0.4, -0.2) is 56.0 Å². The summed E-state index contributed by atoms with van der Waals surface area (Å²) in [5.41, 5.74) is 0. The van der Waals surface area contributed by atoms with Gasteiger partial charge >= 0.3 is 0 Å². The molecule has 0 aromatic rings. The number of hydrogen-bond donors (Lipinski definition) is 1. The number of hydrogen-bond acceptors (Lipinski definition) is 4. The molecule has 1 heterocycles. The largest absolute Gasteiger partial charge is 0.396 e. The van der Waals surface area contributed by atoms with E-state index in [1.54, 1.807) is 4.31 Å². The van der Waals surface area contributed by atoms with Gasteiger partial charge in [-0.15, -0.1) is 0 Å². The second kappa shape index (κ2) is 7.31. The van der Waals surface area contributed by atoms with Crippen LogP contribution >= 0.6 is 0 Å². The zero-order valence-electron chi connectivity index (χ0n) is 10.5. The van der Waals surface area contributed by atoms with Crippen molar-refractivity contribution in [3.8, 4) is 0 Å². The zero-order chi connectivity index (χ0) is 12.7. The van der Waals surface area contributed by atoms with Crippen LogP contribution in [0.15, 0.2) is 0 Å². The number of sulfonamides is 1. The summed E-state index contributed by atoms with van der Waals surface area (Å²) in [4.78, 5) is 0.